The van der Waals surface area contributed by atoms with Gasteiger partial charge in [0.05, 0.1) is 11.1 Å². The van der Waals surface area contributed by atoms with Gasteiger partial charge in [0.2, 0.25) is 0 Å². The molecule has 0 fully saturated rings. The molecule has 0 aliphatic rings. The fraction of sp³-hybridized carbons (Fsp3) is 0.154. The van der Waals surface area contributed by atoms with E-state index in [1.54, 1.807) is 12.4 Å². The van der Waals surface area contributed by atoms with E-state index in [1.807, 2.05) is 24.3 Å². The second kappa shape index (κ2) is 6.68. The van der Waals surface area contributed by atoms with E-state index in [1.165, 1.54) is 0 Å². The molecule has 0 spiro atoms. The predicted molar refractivity (Wildman–Crippen MR) is 82.2 cm³/mol. The van der Waals surface area contributed by atoms with Gasteiger partial charge in [-0.25, -0.2) is 0 Å². The molecule has 3 N–H and O–H groups in total. The van der Waals surface area contributed by atoms with Gasteiger partial charge >= 0.3 is 0 Å². The number of nitrogens with one attached hydrogen (secondary N) is 1. The minimum absolute atomic E-state index is 0.0634. The Morgan fingerprint density at radius 2 is 2.11 bits per heavy atom. The predicted octanol–water partition coefficient (Wildman–Crippen LogP) is 3.90. The van der Waals surface area contributed by atoms with Crippen LogP contribution in [0.3, 0.4) is 0 Å². The number of hydrogen-bond donors (Lipinski definition) is 2. The van der Waals surface area contributed by atoms with Crippen molar-refractivity contribution in [2.24, 2.45) is 5.84 Å². The molecule has 0 bridgehead atoms. The topological polar surface area (TPSA) is 50.9 Å². The Morgan fingerprint density at radius 1 is 1.32 bits per heavy atom. The van der Waals surface area contributed by atoms with Crippen LogP contribution >= 0.6 is 39.1 Å². The van der Waals surface area contributed by atoms with Crippen LogP contribution in [0.4, 0.5) is 0 Å². The van der Waals surface area contributed by atoms with Gasteiger partial charge in [-0.1, -0.05) is 45.2 Å². The average molecular weight is 361 g/mol. The Morgan fingerprint density at radius 3 is 2.74 bits per heavy atom. The summed E-state index contributed by atoms with van der Waals surface area (Å²) in [5.41, 5.74) is 4.82. The second-order valence-electron chi connectivity index (χ2n) is 4.06. The molecule has 1 heterocycles. The van der Waals surface area contributed by atoms with E-state index in [-0.39, 0.29) is 6.04 Å². The maximum absolute atomic E-state index is 6.11. The van der Waals surface area contributed by atoms with Gasteiger partial charge in [0.25, 0.3) is 0 Å². The van der Waals surface area contributed by atoms with Gasteiger partial charge in [0.15, 0.2) is 0 Å². The van der Waals surface area contributed by atoms with Gasteiger partial charge in [-0.05, 0) is 35.7 Å². The third-order valence-electron chi connectivity index (χ3n) is 2.82. The number of rotatable bonds is 4. The summed E-state index contributed by atoms with van der Waals surface area (Å²) in [6.45, 7) is 0. The van der Waals surface area contributed by atoms with Gasteiger partial charge < -0.3 is 0 Å². The Bertz CT molecular complexity index is 578. The molecule has 0 radical (unpaired) electrons. The van der Waals surface area contributed by atoms with E-state index >= 15 is 0 Å². The maximum atomic E-state index is 6.11. The number of nitrogens with zero attached hydrogens (tertiary/aromatic N) is 1. The van der Waals surface area contributed by atoms with Crippen LogP contribution in [0.25, 0.3) is 0 Å². The summed E-state index contributed by atoms with van der Waals surface area (Å²) in [7, 11) is 0. The lowest BCUT2D eigenvalue weighted by Gasteiger charge is -2.18. The molecule has 1 aromatic heterocycles. The molecule has 3 nitrogen and oxygen atoms in total. The maximum Gasteiger partial charge on any atom is 0.0622 e. The summed E-state index contributed by atoms with van der Waals surface area (Å²) in [5, 5.41) is 1.31. The molecule has 19 heavy (non-hydrogen) atoms. The van der Waals surface area contributed by atoms with Crippen molar-refractivity contribution in [1.29, 1.82) is 0 Å². The van der Waals surface area contributed by atoms with Crippen molar-refractivity contribution < 1.29 is 0 Å². The van der Waals surface area contributed by atoms with E-state index < -0.39 is 0 Å². The van der Waals surface area contributed by atoms with E-state index in [0.717, 1.165) is 15.6 Å². The number of halogens is 3. The zero-order valence-electron chi connectivity index (χ0n) is 9.91. The van der Waals surface area contributed by atoms with Crippen LogP contribution in [0, 0.1) is 0 Å². The fourth-order valence-corrected chi connectivity index (χ4v) is 2.99. The lowest BCUT2D eigenvalue weighted by molar-refractivity contribution is 0.550. The van der Waals surface area contributed by atoms with Crippen molar-refractivity contribution in [2.75, 3.05) is 0 Å². The van der Waals surface area contributed by atoms with Crippen LogP contribution in [0.2, 0.25) is 10.0 Å². The lowest BCUT2D eigenvalue weighted by atomic mass is 10.00. The Kier molecular flexibility index (Phi) is 5.19. The van der Waals surface area contributed by atoms with Crippen LogP contribution < -0.4 is 11.3 Å². The van der Waals surface area contributed by atoms with Crippen molar-refractivity contribution >= 4 is 39.1 Å². The van der Waals surface area contributed by atoms with E-state index in [9.17, 15) is 0 Å². The monoisotopic (exact) mass is 359 g/mol. The molecule has 2 rings (SSSR count). The third kappa shape index (κ3) is 3.68. The minimum Gasteiger partial charge on any atom is -0.271 e. The van der Waals surface area contributed by atoms with Crippen LogP contribution in [0.15, 0.2) is 41.1 Å². The quantitative estimate of drug-likeness (QED) is 0.642. The highest BCUT2D eigenvalue weighted by Crippen LogP contribution is 2.29. The molecule has 1 aromatic carbocycles. The molecule has 2 aromatic rings. The molecule has 6 heteroatoms. The van der Waals surface area contributed by atoms with Gasteiger partial charge in [-0.2, -0.15) is 0 Å². The number of hydrogen-bond acceptors (Lipinski definition) is 3. The molecule has 1 unspecified atom stereocenters. The summed E-state index contributed by atoms with van der Waals surface area (Å²) >= 11 is 15.5. The number of hydrazine groups is 1. The molecule has 0 amide bonds. The normalized spacial score (nSPS) is 12.4. The molecular weight excluding hydrogens is 349 g/mol. The molecule has 0 aliphatic carbocycles. The van der Waals surface area contributed by atoms with Crippen LogP contribution in [-0.2, 0) is 6.42 Å². The highest BCUT2D eigenvalue weighted by atomic mass is 79.9. The zero-order valence-corrected chi connectivity index (χ0v) is 13.0. The molecule has 1 atom stereocenters. The van der Waals surface area contributed by atoms with Crippen molar-refractivity contribution in [1.82, 2.24) is 10.4 Å². The Labute approximate surface area is 130 Å². The average Bonchev–Trinajstić information content (AvgIpc) is 2.39. The number of nitrogens with two attached hydrogens (primary N) is 1. The van der Waals surface area contributed by atoms with Gasteiger partial charge in [0, 0.05) is 21.9 Å². The Hall–Kier alpha value is -0.650. The van der Waals surface area contributed by atoms with Crippen LogP contribution in [0.1, 0.15) is 17.2 Å². The summed E-state index contributed by atoms with van der Waals surface area (Å²) < 4.78 is 0.910. The smallest absolute Gasteiger partial charge is 0.0622 e. The molecule has 0 saturated carbocycles. The van der Waals surface area contributed by atoms with Gasteiger partial charge in [0.1, 0.15) is 0 Å². The number of benzene rings is 1. The molecule has 0 saturated heterocycles. The second-order valence-corrected chi connectivity index (χ2v) is 5.75. The van der Waals surface area contributed by atoms with E-state index in [0.29, 0.717) is 16.5 Å². The van der Waals surface area contributed by atoms with E-state index in [4.69, 9.17) is 29.0 Å². The van der Waals surface area contributed by atoms with Crippen molar-refractivity contribution in [3.05, 3.63) is 62.3 Å². The summed E-state index contributed by atoms with van der Waals surface area (Å²) in [6, 6.07) is 7.43. The lowest BCUT2D eigenvalue weighted by Crippen LogP contribution is -2.30. The zero-order chi connectivity index (χ0) is 13.8. The molecular formula is C13H12BrCl2N3. The van der Waals surface area contributed by atoms with Crippen LogP contribution in [-0.4, -0.2) is 4.98 Å². The minimum atomic E-state index is -0.0634. The summed E-state index contributed by atoms with van der Waals surface area (Å²) in [6.07, 6.45) is 4.01. The first-order valence-electron chi connectivity index (χ1n) is 5.61. The van der Waals surface area contributed by atoms with Crippen LogP contribution in [0.5, 0.6) is 0 Å². The highest BCUT2D eigenvalue weighted by molar-refractivity contribution is 9.10. The number of aromatic nitrogens is 1. The number of pyridine rings is 1. The third-order valence-corrected chi connectivity index (χ3v) is 4.08. The Balaban J connectivity index is 2.28. The van der Waals surface area contributed by atoms with Crippen molar-refractivity contribution in [3.8, 4) is 0 Å². The molecule has 100 valence electrons. The van der Waals surface area contributed by atoms with E-state index in [2.05, 4.69) is 26.3 Å². The largest absolute Gasteiger partial charge is 0.271 e. The van der Waals surface area contributed by atoms with Gasteiger partial charge in [-0.3, -0.25) is 16.3 Å². The first-order chi connectivity index (χ1) is 9.11. The highest BCUT2D eigenvalue weighted by Gasteiger charge is 2.15. The van der Waals surface area contributed by atoms with Gasteiger partial charge in [-0.15, -0.1) is 0 Å². The standard InChI is InChI=1S/C13H12BrCl2N3/c14-11-6-9(15)1-2-10(11)13(19-17)5-8-3-4-18-7-12(8)16/h1-4,6-7,13,19H,5,17H2. The summed E-state index contributed by atoms with van der Waals surface area (Å²) in [4.78, 5) is 3.97. The first kappa shape index (κ1) is 14.8. The van der Waals surface area contributed by atoms with Crippen molar-refractivity contribution in [2.45, 2.75) is 12.5 Å². The first-order valence-corrected chi connectivity index (χ1v) is 7.16. The SMILES string of the molecule is NNC(Cc1ccncc1Cl)c1ccc(Cl)cc1Br. The van der Waals surface area contributed by atoms with Crippen molar-refractivity contribution in [3.63, 3.8) is 0 Å². The fourth-order valence-electron chi connectivity index (χ4n) is 1.83. The summed E-state index contributed by atoms with van der Waals surface area (Å²) in [5.74, 6) is 5.65. The molecule has 0 aliphatic heterocycles.